The molecule has 0 unspecified atom stereocenters. The fourth-order valence-electron chi connectivity index (χ4n) is 0.822. The summed E-state index contributed by atoms with van der Waals surface area (Å²) in [6.07, 6.45) is 3.50. The minimum Gasteiger partial charge on any atom is -0.250 e. The quantitative estimate of drug-likeness (QED) is 0.611. The van der Waals surface area contributed by atoms with Crippen molar-refractivity contribution in [1.29, 1.82) is 0 Å². The van der Waals surface area contributed by atoms with E-state index in [1.807, 2.05) is 13.0 Å². The second kappa shape index (κ2) is 4.47. The summed E-state index contributed by atoms with van der Waals surface area (Å²) in [5, 5.41) is 0. The van der Waals surface area contributed by atoms with E-state index < -0.39 is 6.67 Å². The molecule has 0 fully saturated rings. The SMILES string of the molecule is CC=C=Cc1cccc(CF)n1. The maximum absolute atomic E-state index is 12.1. The van der Waals surface area contributed by atoms with Gasteiger partial charge in [-0.3, -0.25) is 4.98 Å². The lowest BCUT2D eigenvalue weighted by atomic mass is 10.3. The van der Waals surface area contributed by atoms with Crippen LogP contribution < -0.4 is 0 Å². The molecule has 0 spiro atoms. The Bertz CT molecular complexity index is 311. The van der Waals surface area contributed by atoms with E-state index in [-0.39, 0.29) is 0 Å². The molecule has 1 aromatic rings. The summed E-state index contributed by atoms with van der Waals surface area (Å²) in [6.45, 7) is 1.35. The first-order valence-electron chi connectivity index (χ1n) is 3.76. The highest BCUT2D eigenvalue weighted by atomic mass is 19.1. The number of alkyl halides is 1. The maximum atomic E-state index is 12.1. The third-order valence-electron chi connectivity index (χ3n) is 1.36. The summed E-state index contributed by atoms with van der Waals surface area (Å²) in [6, 6.07) is 5.26. The van der Waals surface area contributed by atoms with E-state index in [9.17, 15) is 4.39 Å². The third-order valence-corrected chi connectivity index (χ3v) is 1.36. The molecule has 1 heterocycles. The van der Waals surface area contributed by atoms with Crippen LogP contribution in [0.3, 0.4) is 0 Å². The standard InChI is InChI=1S/C10H10FN/c1-2-3-5-9-6-4-7-10(8-11)12-9/h2,4-7H,8H2,1H3. The van der Waals surface area contributed by atoms with Crippen molar-refractivity contribution in [1.82, 2.24) is 4.98 Å². The predicted octanol–water partition coefficient (Wildman–Crippen LogP) is 2.74. The van der Waals surface area contributed by atoms with E-state index in [1.165, 1.54) is 0 Å². The van der Waals surface area contributed by atoms with Gasteiger partial charge in [-0.05, 0) is 25.1 Å². The molecule has 0 aliphatic rings. The van der Waals surface area contributed by atoms with Crippen LogP contribution in [0.15, 0.2) is 30.0 Å². The number of nitrogens with zero attached hydrogens (tertiary/aromatic N) is 1. The number of hydrogen-bond acceptors (Lipinski definition) is 1. The molecule has 1 aromatic heterocycles. The van der Waals surface area contributed by atoms with Gasteiger partial charge in [0.2, 0.25) is 0 Å². The summed E-state index contributed by atoms with van der Waals surface area (Å²) in [4.78, 5) is 4.02. The molecule has 0 saturated heterocycles. The van der Waals surface area contributed by atoms with E-state index >= 15 is 0 Å². The fraction of sp³-hybridized carbons (Fsp3) is 0.200. The van der Waals surface area contributed by atoms with Gasteiger partial charge in [-0.2, -0.15) is 0 Å². The number of pyridine rings is 1. The van der Waals surface area contributed by atoms with Gasteiger partial charge in [0.1, 0.15) is 6.67 Å². The van der Waals surface area contributed by atoms with Crippen molar-refractivity contribution in [2.75, 3.05) is 0 Å². The first-order chi connectivity index (χ1) is 5.86. The molecular formula is C10H10FN. The number of allylic oxidation sites excluding steroid dienone is 1. The van der Waals surface area contributed by atoms with Crippen molar-refractivity contribution in [3.63, 3.8) is 0 Å². The highest BCUT2D eigenvalue weighted by molar-refractivity contribution is 5.43. The van der Waals surface area contributed by atoms with Gasteiger partial charge >= 0.3 is 0 Å². The van der Waals surface area contributed by atoms with Gasteiger partial charge in [-0.15, -0.1) is 5.73 Å². The predicted molar refractivity (Wildman–Crippen MR) is 47.3 cm³/mol. The van der Waals surface area contributed by atoms with Gasteiger partial charge < -0.3 is 0 Å². The second-order valence-electron chi connectivity index (χ2n) is 2.29. The molecule has 1 rings (SSSR count). The van der Waals surface area contributed by atoms with Crippen molar-refractivity contribution < 1.29 is 4.39 Å². The van der Waals surface area contributed by atoms with Crippen molar-refractivity contribution in [3.8, 4) is 0 Å². The number of hydrogen-bond donors (Lipinski definition) is 0. The van der Waals surface area contributed by atoms with Crippen LogP contribution in [-0.2, 0) is 6.67 Å². The molecule has 0 N–H and O–H groups in total. The van der Waals surface area contributed by atoms with Gasteiger partial charge in [-0.25, -0.2) is 4.39 Å². The molecule has 0 atom stereocenters. The van der Waals surface area contributed by atoms with Crippen LogP contribution in [0.4, 0.5) is 4.39 Å². The smallest absolute Gasteiger partial charge is 0.131 e. The van der Waals surface area contributed by atoms with Crippen LogP contribution in [0.1, 0.15) is 18.3 Å². The van der Waals surface area contributed by atoms with E-state index in [0.29, 0.717) is 5.69 Å². The fourth-order valence-corrected chi connectivity index (χ4v) is 0.822. The van der Waals surface area contributed by atoms with E-state index in [2.05, 4.69) is 10.7 Å². The number of aromatic nitrogens is 1. The molecule has 1 nitrogen and oxygen atoms in total. The van der Waals surface area contributed by atoms with E-state index in [1.54, 1.807) is 24.3 Å². The van der Waals surface area contributed by atoms with Crippen LogP contribution >= 0.6 is 0 Å². The third kappa shape index (κ3) is 2.33. The molecule has 12 heavy (non-hydrogen) atoms. The van der Waals surface area contributed by atoms with Crippen LogP contribution in [-0.4, -0.2) is 4.98 Å². The van der Waals surface area contributed by atoms with Gasteiger partial charge in [0.05, 0.1) is 11.4 Å². The zero-order valence-corrected chi connectivity index (χ0v) is 6.92. The second-order valence-corrected chi connectivity index (χ2v) is 2.29. The summed E-state index contributed by atoms with van der Waals surface area (Å²) in [5.41, 5.74) is 4.08. The van der Waals surface area contributed by atoms with Crippen LogP contribution in [0, 0.1) is 0 Å². The first-order valence-corrected chi connectivity index (χ1v) is 3.76. The lowest BCUT2D eigenvalue weighted by Crippen LogP contribution is -1.86. The van der Waals surface area contributed by atoms with Crippen molar-refractivity contribution in [2.24, 2.45) is 0 Å². The van der Waals surface area contributed by atoms with Crippen LogP contribution in [0.2, 0.25) is 0 Å². The zero-order valence-electron chi connectivity index (χ0n) is 6.92. The number of rotatable bonds is 2. The van der Waals surface area contributed by atoms with Crippen molar-refractivity contribution in [2.45, 2.75) is 13.6 Å². The molecule has 0 aliphatic carbocycles. The Kier molecular flexibility index (Phi) is 3.24. The molecule has 0 radical (unpaired) electrons. The Labute approximate surface area is 71.3 Å². The monoisotopic (exact) mass is 163 g/mol. The first kappa shape index (κ1) is 8.69. The van der Waals surface area contributed by atoms with Crippen LogP contribution in [0.5, 0.6) is 0 Å². The Balaban J connectivity index is 2.94. The summed E-state index contributed by atoms with van der Waals surface area (Å²) >= 11 is 0. The minimum atomic E-state index is -0.516. The molecule has 2 heteroatoms. The van der Waals surface area contributed by atoms with Gasteiger partial charge in [0.15, 0.2) is 0 Å². The molecule has 0 saturated carbocycles. The lowest BCUT2D eigenvalue weighted by Gasteiger charge is -1.93. The highest BCUT2D eigenvalue weighted by Crippen LogP contribution is 2.01. The Morgan fingerprint density at radius 1 is 1.58 bits per heavy atom. The lowest BCUT2D eigenvalue weighted by molar-refractivity contribution is 0.476. The minimum absolute atomic E-state index is 0.460. The molecule has 0 aromatic carbocycles. The topological polar surface area (TPSA) is 12.9 Å². The van der Waals surface area contributed by atoms with Crippen LogP contribution in [0.25, 0.3) is 6.08 Å². The molecule has 0 amide bonds. The van der Waals surface area contributed by atoms with Crippen molar-refractivity contribution in [3.05, 3.63) is 41.4 Å². The van der Waals surface area contributed by atoms with Gasteiger partial charge in [-0.1, -0.05) is 6.07 Å². The normalized spacial score (nSPS) is 8.83. The van der Waals surface area contributed by atoms with E-state index in [0.717, 1.165) is 5.69 Å². The molecular weight excluding hydrogens is 153 g/mol. The summed E-state index contributed by atoms with van der Waals surface area (Å²) in [7, 11) is 0. The largest absolute Gasteiger partial charge is 0.250 e. The Hall–Kier alpha value is -1.40. The average Bonchev–Trinajstić information content (AvgIpc) is 2.15. The molecule has 62 valence electrons. The average molecular weight is 163 g/mol. The maximum Gasteiger partial charge on any atom is 0.131 e. The molecule has 0 aliphatic heterocycles. The Morgan fingerprint density at radius 2 is 2.42 bits per heavy atom. The molecule has 0 bridgehead atoms. The zero-order chi connectivity index (χ0) is 8.81. The summed E-state index contributed by atoms with van der Waals surface area (Å²) < 4.78 is 12.1. The van der Waals surface area contributed by atoms with Gasteiger partial charge in [0.25, 0.3) is 0 Å². The van der Waals surface area contributed by atoms with E-state index in [4.69, 9.17) is 0 Å². The number of halogens is 1. The highest BCUT2D eigenvalue weighted by Gasteiger charge is 1.92. The Morgan fingerprint density at radius 3 is 3.08 bits per heavy atom. The summed E-state index contributed by atoms with van der Waals surface area (Å²) in [5.74, 6) is 0. The van der Waals surface area contributed by atoms with Crippen molar-refractivity contribution >= 4 is 6.08 Å². The van der Waals surface area contributed by atoms with Gasteiger partial charge in [0, 0.05) is 6.08 Å².